The predicted octanol–water partition coefficient (Wildman–Crippen LogP) is -0.741. The summed E-state index contributed by atoms with van der Waals surface area (Å²) in [5.41, 5.74) is 0. The molecule has 0 aliphatic rings. The molecule has 0 spiro atoms. The van der Waals surface area contributed by atoms with Crippen LogP contribution in [-0.4, -0.2) is 42.4 Å². The predicted molar refractivity (Wildman–Crippen MR) is 47.3 cm³/mol. The molecule has 0 aromatic heterocycles. The summed E-state index contributed by atoms with van der Waals surface area (Å²) in [4.78, 5) is 0. The number of rotatable bonds is 6. The summed E-state index contributed by atoms with van der Waals surface area (Å²) in [6.07, 6.45) is 1.51. The third kappa shape index (κ3) is 8.38. The van der Waals surface area contributed by atoms with Crippen molar-refractivity contribution in [2.45, 2.75) is 13.4 Å². The van der Waals surface area contributed by atoms with Gasteiger partial charge in [-0.15, -0.1) is 0 Å². The van der Waals surface area contributed by atoms with E-state index in [2.05, 4.69) is 13.1 Å². The van der Waals surface area contributed by atoms with Gasteiger partial charge < -0.3 is 4.74 Å². The van der Waals surface area contributed by atoms with Crippen LogP contribution in [0, 0.1) is 0 Å². The zero-order valence-corrected chi connectivity index (χ0v) is 9.59. The normalized spacial score (nSPS) is 13.4. The monoisotopic (exact) mass is 248 g/mol. The van der Waals surface area contributed by atoms with E-state index in [0.717, 1.165) is 12.5 Å². The molecule has 0 aliphatic heterocycles. The Morgan fingerprint density at radius 1 is 1.00 bits per heavy atom. The van der Waals surface area contributed by atoms with E-state index in [9.17, 15) is 16.8 Å². The fourth-order valence-corrected chi connectivity index (χ4v) is 1.30. The number of hydrogen-bond acceptors (Lipinski definition) is 7. The van der Waals surface area contributed by atoms with Crippen LogP contribution in [0.1, 0.15) is 6.92 Å². The van der Waals surface area contributed by atoms with Gasteiger partial charge in [0.25, 0.3) is 20.2 Å². The first kappa shape index (κ1) is 13.8. The van der Waals surface area contributed by atoms with Crippen LogP contribution in [0.4, 0.5) is 0 Å². The second kappa shape index (κ2) is 5.03. The average Bonchev–Trinajstić information content (AvgIpc) is 1.78. The fraction of sp³-hybridized carbons (Fsp3) is 1.00. The molecule has 0 fully saturated rings. The van der Waals surface area contributed by atoms with Gasteiger partial charge in [0, 0.05) is 6.61 Å². The fourth-order valence-electron chi connectivity index (χ4n) is 0.493. The molecule has 7 nitrogen and oxygen atoms in total. The van der Waals surface area contributed by atoms with Gasteiger partial charge in [-0.3, -0.25) is 0 Å². The van der Waals surface area contributed by atoms with Crippen molar-refractivity contribution in [1.82, 2.24) is 0 Å². The van der Waals surface area contributed by atoms with Gasteiger partial charge in [0.15, 0.2) is 0 Å². The van der Waals surface area contributed by atoms with E-state index < -0.39 is 26.7 Å². The summed E-state index contributed by atoms with van der Waals surface area (Å²) < 4.78 is 55.5. The molecule has 0 unspecified atom stereocenters. The second-order valence-electron chi connectivity index (χ2n) is 2.34. The molecule has 0 atom stereocenters. The smallest absolute Gasteiger partial charge is 0.302 e. The Morgan fingerprint density at radius 2 is 1.36 bits per heavy atom. The summed E-state index contributed by atoms with van der Waals surface area (Å²) in [6, 6.07) is 0. The highest BCUT2D eigenvalue weighted by molar-refractivity contribution is 7.86. The second-order valence-corrected chi connectivity index (χ2v) is 5.55. The first-order valence-corrected chi connectivity index (χ1v) is 7.15. The molecule has 0 aromatic rings. The Kier molecular flexibility index (Phi) is 4.95. The first-order chi connectivity index (χ1) is 6.14. The molecule has 0 rings (SSSR count). The van der Waals surface area contributed by atoms with Gasteiger partial charge in [0.2, 0.25) is 0 Å². The van der Waals surface area contributed by atoms with E-state index in [0.29, 0.717) is 0 Å². The standard InChI is InChI=1S/C5H12O7S2/c1-4-10-5(11-13(2,6)7)12-14(3,8)9/h5H,4H2,1-3H3. The molecule has 0 saturated carbocycles. The minimum absolute atomic E-state index is 0.0513. The maximum Gasteiger partial charge on any atom is 0.302 e. The Labute approximate surface area is 83.2 Å². The molecule has 0 saturated heterocycles. The Hall–Kier alpha value is -0.220. The van der Waals surface area contributed by atoms with Crippen LogP contribution < -0.4 is 0 Å². The summed E-state index contributed by atoms with van der Waals surface area (Å²) in [7, 11) is -7.66. The van der Waals surface area contributed by atoms with Crippen molar-refractivity contribution >= 4 is 20.2 Å². The molecule has 0 N–H and O–H groups in total. The lowest BCUT2D eigenvalue weighted by molar-refractivity contribution is -0.189. The van der Waals surface area contributed by atoms with Crippen molar-refractivity contribution in [2.24, 2.45) is 0 Å². The minimum atomic E-state index is -3.83. The van der Waals surface area contributed by atoms with E-state index >= 15 is 0 Å². The first-order valence-electron chi connectivity index (χ1n) is 3.52. The molecule has 0 bridgehead atoms. The molecule has 9 heteroatoms. The minimum Gasteiger partial charge on any atom is -0.329 e. The maximum atomic E-state index is 10.6. The van der Waals surface area contributed by atoms with Crippen molar-refractivity contribution in [3.8, 4) is 0 Å². The van der Waals surface area contributed by atoms with Crippen LogP contribution in [0.25, 0.3) is 0 Å². The van der Waals surface area contributed by atoms with Crippen LogP contribution in [-0.2, 0) is 33.3 Å². The van der Waals surface area contributed by atoms with E-state index in [1.165, 1.54) is 6.92 Å². The van der Waals surface area contributed by atoms with Crippen molar-refractivity contribution in [2.75, 3.05) is 19.1 Å². The molecule has 86 valence electrons. The Balaban J connectivity index is 4.46. The van der Waals surface area contributed by atoms with E-state index in [1.807, 2.05) is 0 Å². The highest BCUT2D eigenvalue weighted by atomic mass is 32.2. The van der Waals surface area contributed by atoms with Gasteiger partial charge in [0.05, 0.1) is 12.5 Å². The molecular formula is C5H12O7S2. The Morgan fingerprint density at radius 3 is 1.57 bits per heavy atom. The third-order valence-corrected chi connectivity index (χ3v) is 1.82. The summed E-state index contributed by atoms with van der Waals surface area (Å²) >= 11 is 0. The SMILES string of the molecule is CCOC(OS(C)(=O)=O)OS(C)(=O)=O. The van der Waals surface area contributed by atoms with Crippen molar-refractivity contribution < 1.29 is 29.9 Å². The average molecular weight is 248 g/mol. The summed E-state index contributed by atoms with van der Waals surface area (Å²) in [5, 5.41) is 0. The van der Waals surface area contributed by atoms with Crippen molar-refractivity contribution in [3.05, 3.63) is 0 Å². The van der Waals surface area contributed by atoms with Gasteiger partial charge in [-0.25, -0.2) is 8.37 Å². The maximum absolute atomic E-state index is 10.6. The molecule has 0 aromatic carbocycles. The molecule has 14 heavy (non-hydrogen) atoms. The number of ether oxygens (including phenoxy) is 1. The lowest BCUT2D eigenvalue weighted by Crippen LogP contribution is -2.26. The molecule has 0 amide bonds. The zero-order valence-electron chi connectivity index (χ0n) is 7.96. The van der Waals surface area contributed by atoms with Crippen molar-refractivity contribution in [1.29, 1.82) is 0 Å². The number of hydrogen-bond donors (Lipinski definition) is 0. The van der Waals surface area contributed by atoms with Gasteiger partial charge >= 0.3 is 6.48 Å². The zero-order chi connectivity index (χ0) is 11.4. The van der Waals surface area contributed by atoms with E-state index in [-0.39, 0.29) is 6.61 Å². The van der Waals surface area contributed by atoms with Crippen LogP contribution in [0.2, 0.25) is 0 Å². The molecule has 0 radical (unpaired) electrons. The summed E-state index contributed by atoms with van der Waals surface area (Å²) in [5.74, 6) is 0. The van der Waals surface area contributed by atoms with Crippen molar-refractivity contribution in [3.63, 3.8) is 0 Å². The van der Waals surface area contributed by atoms with Crippen LogP contribution >= 0.6 is 0 Å². The van der Waals surface area contributed by atoms with E-state index in [1.54, 1.807) is 0 Å². The van der Waals surface area contributed by atoms with Crippen LogP contribution in [0.3, 0.4) is 0 Å². The molecule has 0 aliphatic carbocycles. The van der Waals surface area contributed by atoms with Gasteiger partial charge in [-0.05, 0) is 6.92 Å². The highest BCUT2D eigenvalue weighted by Gasteiger charge is 2.20. The van der Waals surface area contributed by atoms with E-state index in [4.69, 9.17) is 0 Å². The lowest BCUT2D eigenvalue weighted by Gasteiger charge is -2.14. The van der Waals surface area contributed by atoms with Crippen LogP contribution in [0.15, 0.2) is 0 Å². The van der Waals surface area contributed by atoms with Gasteiger partial charge in [0.1, 0.15) is 0 Å². The van der Waals surface area contributed by atoms with Gasteiger partial charge in [-0.2, -0.15) is 16.8 Å². The summed E-state index contributed by atoms with van der Waals surface area (Å²) in [6.45, 7) is -0.176. The third-order valence-electron chi connectivity index (χ3n) is 0.809. The highest BCUT2D eigenvalue weighted by Crippen LogP contribution is 2.05. The molecule has 0 heterocycles. The quantitative estimate of drug-likeness (QED) is 0.451. The molecular weight excluding hydrogens is 236 g/mol. The van der Waals surface area contributed by atoms with Gasteiger partial charge in [-0.1, -0.05) is 0 Å². The van der Waals surface area contributed by atoms with Crippen LogP contribution in [0.5, 0.6) is 0 Å². The lowest BCUT2D eigenvalue weighted by atomic mass is 10.9. The Bertz CT molecular complexity index is 320. The topological polar surface area (TPSA) is 96.0 Å². The largest absolute Gasteiger partial charge is 0.329 e.